The van der Waals surface area contributed by atoms with Gasteiger partial charge in [-0.15, -0.1) is 5.10 Å². The second-order valence-electron chi connectivity index (χ2n) is 3.66. The Bertz CT molecular complexity index is 338. The fourth-order valence-electron chi connectivity index (χ4n) is 1.22. The molecule has 1 aromatic rings. The molecule has 1 heterocycles. The van der Waals surface area contributed by atoms with Crippen molar-refractivity contribution in [2.45, 2.75) is 13.5 Å². The van der Waals surface area contributed by atoms with Crippen LogP contribution >= 0.6 is 0 Å². The average molecular weight is 227 g/mol. The molecule has 1 aromatic heterocycles. The van der Waals surface area contributed by atoms with Crippen molar-refractivity contribution in [3.05, 3.63) is 6.33 Å². The van der Waals surface area contributed by atoms with Crippen LogP contribution in [0.3, 0.4) is 0 Å². The highest BCUT2D eigenvalue weighted by atomic mass is 16.5. The lowest BCUT2D eigenvalue weighted by molar-refractivity contribution is -0.122. The number of nitrogens with one attached hydrogen (secondary N) is 1. The first-order valence-corrected chi connectivity index (χ1v) is 5.02. The number of carbonyl (C=O) groups is 1. The zero-order valence-electron chi connectivity index (χ0n) is 9.51. The molecule has 90 valence electrons. The molecule has 3 N–H and O–H groups in total. The third kappa shape index (κ3) is 4.26. The molecule has 1 rings (SSSR count). The quantitative estimate of drug-likeness (QED) is 0.667. The number of anilines is 1. The van der Waals surface area contributed by atoms with Gasteiger partial charge in [-0.05, 0) is 5.92 Å². The van der Waals surface area contributed by atoms with Crippen LogP contribution in [0.15, 0.2) is 6.33 Å². The lowest BCUT2D eigenvalue weighted by Gasteiger charge is -2.11. The molecule has 0 aliphatic carbocycles. The van der Waals surface area contributed by atoms with Crippen LogP contribution in [0.2, 0.25) is 0 Å². The maximum absolute atomic E-state index is 11.4. The molecule has 7 heteroatoms. The van der Waals surface area contributed by atoms with E-state index in [4.69, 9.17) is 10.5 Å². The van der Waals surface area contributed by atoms with Gasteiger partial charge < -0.3 is 15.8 Å². The summed E-state index contributed by atoms with van der Waals surface area (Å²) >= 11 is 0. The van der Waals surface area contributed by atoms with Crippen LogP contribution < -0.4 is 11.1 Å². The molecule has 0 aliphatic heterocycles. The van der Waals surface area contributed by atoms with Crippen molar-refractivity contribution in [1.29, 1.82) is 0 Å². The molecule has 0 spiro atoms. The Morgan fingerprint density at radius 3 is 3.06 bits per heavy atom. The van der Waals surface area contributed by atoms with E-state index in [2.05, 4.69) is 15.4 Å². The first kappa shape index (κ1) is 12.4. The van der Waals surface area contributed by atoms with E-state index in [1.807, 2.05) is 6.92 Å². The maximum Gasteiger partial charge on any atom is 0.241 e. The van der Waals surface area contributed by atoms with Crippen molar-refractivity contribution in [2.24, 2.45) is 5.92 Å². The predicted octanol–water partition coefficient (Wildman–Crippen LogP) is -0.741. The molecule has 0 aromatic carbocycles. The Kier molecular flexibility index (Phi) is 4.71. The molecule has 0 fully saturated rings. The van der Waals surface area contributed by atoms with E-state index in [1.54, 1.807) is 7.11 Å². The van der Waals surface area contributed by atoms with E-state index in [0.717, 1.165) is 0 Å². The Morgan fingerprint density at radius 2 is 2.50 bits per heavy atom. The second kappa shape index (κ2) is 6.06. The summed E-state index contributed by atoms with van der Waals surface area (Å²) in [4.78, 5) is 15.2. The summed E-state index contributed by atoms with van der Waals surface area (Å²) in [6, 6.07) is 0. The fourth-order valence-corrected chi connectivity index (χ4v) is 1.22. The highest BCUT2D eigenvalue weighted by molar-refractivity contribution is 5.75. The molecule has 0 saturated carbocycles. The van der Waals surface area contributed by atoms with Gasteiger partial charge in [0.1, 0.15) is 12.9 Å². The van der Waals surface area contributed by atoms with Crippen molar-refractivity contribution in [2.75, 3.05) is 26.0 Å². The zero-order chi connectivity index (χ0) is 12.0. The number of nitrogen functional groups attached to an aromatic ring is 1. The Balaban J connectivity index is 2.26. The summed E-state index contributed by atoms with van der Waals surface area (Å²) in [5.41, 5.74) is 5.32. The average Bonchev–Trinajstić information content (AvgIpc) is 2.61. The predicted molar refractivity (Wildman–Crippen MR) is 58.5 cm³/mol. The van der Waals surface area contributed by atoms with E-state index in [-0.39, 0.29) is 24.3 Å². The van der Waals surface area contributed by atoms with Crippen molar-refractivity contribution < 1.29 is 9.53 Å². The monoisotopic (exact) mass is 227 g/mol. The first-order valence-electron chi connectivity index (χ1n) is 5.02. The molecule has 0 saturated heterocycles. The zero-order valence-corrected chi connectivity index (χ0v) is 9.51. The normalized spacial score (nSPS) is 12.4. The number of hydrogen-bond acceptors (Lipinski definition) is 5. The number of amides is 1. The molecule has 0 radical (unpaired) electrons. The van der Waals surface area contributed by atoms with Gasteiger partial charge in [0.2, 0.25) is 11.9 Å². The fraction of sp³-hybridized carbons (Fsp3) is 0.667. The van der Waals surface area contributed by atoms with Crippen LogP contribution in [0.4, 0.5) is 5.95 Å². The van der Waals surface area contributed by atoms with Crippen LogP contribution in [0.5, 0.6) is 0 Å². The summed E-state index contributed by atoms with van der Waals surface area (Å²) in [6.45, 7) is 3.33. The third-order valence-corrected chi connectivity index (χ3v) is 1.96. The van der Waals surface area contributed by atoms with Crippen molar-refractivity contribution in [3.8, 4) is 0 Å². The van der Waals surface area contributed by atoms with Crippen LogP contribution in [0.25, 0.3) is 0 Å². The highest BCUT2D eigenvalue weighted by Gasteiger charge is 2.06. The Morgan fingerprint density at radius 1 is 1.75 bits per heavy atom. The summed E-state index contributed by atoms with van der Waals surface area (Å²) in [7, 11) is 1.64. The maximum atomic E-state index is 11.4. The number of rotatable bonds is 6. The van der Waals surface area contributed by atoms with Crippen LogP contribution in [0.1, 0.15) is 6.92 Å². The molecule has 0 aliphatic rings. The molecule has 0 bridgehead atoms. The van der Waals surface area contributed by atoms with Gasteiger partial charge in [-0.25, -0.2) is 9.67 Å². The standard InChI is InChI=1S/C9H17N5O2/c1-7(5-16-2)3-11-8(15)4-14-6-12-9(10)13-14/h6-7H,3-5H2,1-2H3,(H2,10,13)(H,11,15). The second-order valence-corrected chi connectivity index (χ2v) is 3.66. The molecule has 1 unspecified atom stereocenters. The molecule has 7 nitrogen and oxygen atoms in total. The van der Waals surface area contributed by atoms with Gasteiger partial charge in [0.05, 0.1) is 6.61 Å². The van der Waals surface area contributed by atoms with Gasteiger partial charge in [0.15, 0.2) is 0 Å². The Labute approximate surface area is 94.0 Å². The van der Waals surface area contributed by atoms with Crippen LogP contribution in [0, 0.1) is 5.92 Å². The van der Waals surface area contributed by atoms with Gasteiger partial charge in [-0.1, -0.05) is 6.92 Å². The van der Waals surface area contributed by atoms with E-state index >= 15 is 0 Å². The van der Waals surface area contributed by atoms with E-state index < -0.39 is 0 Å². The van der Waals surface area contributed by atoms with E-state index in [1.165, 1.54) is 11.0 Å². The van der Waals surface area contributed by atoms with Gasteiger partial charge in [0, 0.05) is 13.7 Å². The van der Waals surface area contributed by atoms with Gasteiger partial charge in [-0.3, -0.25) is 4.79 Å². The third-order valence-electron chi connectivity index (χ3n) is 1.96. The molecular weight excluding hydrogens is 210 g/mol. The summed E-state index contributed by atoms with van der Waals surface area (Å²) in [6.07, 6.45) is 1.42. The van der Waals surface area contributed by atoms with Crippen molar-refractivity contribution in [1.82, 2.24) is 20.1 Å². The van der Waals surface area contributed by atoms with E-state index in [9.17, 15) is 4.79 Å². The number of carbonyl (C=O) groups excluding carboxylic acids is 1. The molecule has 1 atom stereocenters. The summed E-state index contributed by atoms with van der Waals surface area (Å²) < 4.78 is 6.36. The molecular formula is C9H17N5O2. The summed E-state index contributed by atoms with van der Waals surface area (Å²) in [5.74, 6) is 0.336. The smallest absolute Gasteiger partial charge is 0.241 e. The van der Waals surface area contributed by atoms with E-state index in [0.29, 0.717) is 13.2 Å². The number of methoxy groups -OCH3 is 1. The lowest BCUT2D eigenvalue weighted by atomic mass is 10.2. The minimum atomic E-state index is -0.118. The number of hydrogen-bond donors (Lipinski definition) is 2. The van der Waals surface area contributed by atoms with Gasteiger partial charge in [-0.2, -0.15) is 0 Å². The van der Waals surface area contributed by atoms with Gasteiger partial charge >= 0.3 is 0 Å². The Hall–Kier alpha value is -1.63. The van der Waals surface area contributed by atoms with Crippen molar-refractivity contribution >= 4 is 11.9 Å². The first-order chi connectivity index (χ1) is 7.61. The molecule has 16 heavy (non-hydrogen) atoms. The number of aromatic nitrogens is 3. The van der Waals surface area contributed by atoms with Gasteiger partial charge in [0.25, 0.3) is 0 Å². The van der Waals surface area contributed by atoms with Crippen LogP contribution in [-0.2, 0) is 16.1 Å². The van der Waals surface area contributed by atoms with Crippen LogP contribution in [-0.4, -0.2) is 40.9 Å². The largest absolute Gasteiger partial charge is 0.384 e. The van der Waals surface area contributed by atoms with Crippen molar-refractivity contribution in [3.63, 3.8) is 0 Å². The number of ether oxygens (including phenoxy) is 1. The number of nitrogens with zero attached hydrogens (tertiary/aromatic N) is 3. The SMILES string of the molecule is COCC(C)CNC(=O)Cn1cnc(N)n1. The summed E-state index contributed by atoms with van der Waals surface area (Å²) in [5, 5.41) is 6.59. The molecule has 1 amide bonds. The number of nitrogens with two attached hydrogens (primary N) is 1. The lowest BCUT2D eigenvalue weighted by Crippen LogP contribution is -2.32. The minimum absolute atomic E-state index is 0.118. The minimum Gasteiger partial charge on any atom is -0.384 e. The topological polar surface area (TPSA) is 95.1 Å². The highest BCUT2D eigenvalue weighted by Crippen LogP contribution is 1.93.